The van der Waals surface area contributed by atoms with Crippen molar-refractivity contribution in [1.29, 1.82) is 0 Å². The van der Waals surface area contributed by atoms with E-state index in [9.17, 15) is 4.79 Å². The highest BCUT2D eigenvalue weighted by molar-refractivity contribution is 5.81. The van der Waals surface area contributed by atoms with E-state index in [1.54, 1.807) is 4.68 Å². The van der Waals surface area contributed by atoms with Crippen LogP contribution >= 0.6 is 0 Å². The lowest BCUT2D eigenvalue weighted by molar-refractivity contribution is -0.123. The molecule has 0 aromatic carbocycles. The molecule has 96 valence electrons. The highest BCUT2D eigenvalue weighted by Crippen LogP contribution is 2.02. The van der Waals surface area contributed by atoms with Crippen molar-refractivity contribution >= 4 is 5.78 Å². The summed E-state index contributed by atoms with van der Waals surface area (Å²) >= 11 is 0. The Morgan fingerprint density at radius 3 is 2.94 bits per heavy atom. The first kappa shape index (κ1) is 13.8. The van der Waals surface area contributed by atoms with E-state index < -0.39 is 0 Å². The van der Waals surface area contributed by atoms with E-state index in [2.05, 4.69) is 23.9 Å². The van der Waals surface area contributed by atoms with Crippen LogP contribution < -0.4 is 0 Å². The zero-order valence-electron chi connectivity index (χ0n) is 10.8. The predicted molar refractivity (Wildman–Crippen MR) is 64.7 cm³/mol. The summed E-state index contributed by atoms with van der Waals surface area (Å²) in [5.74, 6) is 1.27. The maximum Gasteiger partial charge on any atom is 0.166 e. The van der Waals surface area contributed by atoms with E-state index in [4.69, 9.17) is 4.74 Å². The Labute approximate surface area is 102 Å². The van der Waals surface area contributed by atoms with Crippen molar-refractivity contribution in [3.05, 3.63) is 12.2 Å². The van der Waals surface area contributed by atoms with E-state index in [1.165, 1.54) is 6.33 Å². The van der Waals surface area contributed by atoms with Gasteiger partial charge >= 0.3 is 0 Å². The lowest BCUT2D eigenvalue weighted by Gasteiger charge is -2.08. The van der Waals surface area contributed by atoms with Crippen LogP contribution in [0, 0.1) is 5.92 Å². The third kappa shape index (κ3) is 5.08. The molecule has 5 heteroatoms. The molecule has 17 heavy (non-hydrogen) atoms. The molecule has 0 aliphatic carbocycles. The van der Waals surface area contributed by atoms with E-state index in [1.807, 2.05) is 6.92 Å². The molecule has 0 bridgehead atoms. The smallest absolute Gasteiger partial charge is 0.166 e. The number of nitrogens with zero attached hydrogens (tertiary/aromatic N) is 3. The zero-order valence-corrected chi connectivity index (χ0v) is 10.8. The van der Waals surface area contributed by atoms with Crippen LogP contribution in [0.5, 0.6) is 0 Å². The van der Waals surface area contributed by atoms with Gasteiger partial charge in [0.1, 0.15) is 18.8 Å². The van der Waals surface area contributed by atoms with Crippen molar-refractivity contribution in [1.82, 2.24) is 14.8 Å². The van der Waals surface area contributed by atoms with Crippen molar-refractivity contribution in [2.45, 2.75) is 40.2 Å². The second-order valence-electron chi connectivity index (χ2n) is 4.52. The van der Waals surface area contributed by atoms with Gasteiger partial charge in [0.05, 0.1) is 6.42 Å². The summed E-state index contributed by atoms with van der Waals surface area (Å²) < 4.78 is 7.00. The summed E-state index contributed by atoms with van der Waals surface area (Å²) in [6, 6.07) is 0. The third-order valence-corrected chi connectivity index (χ3v) is 2.20. The van der Waals surface area contributed by atoms with Crippen molar-refractivity contribution in [2.24, 2.45) is 5.92 Å². The molecule has 0 aliphatic rings. The molecule has 0 atom stereocenters. The van der Waals surface area contributed by atoms with E-state index in [-0.39, 0.29) is 12.4 Å². The molecular formula is C12H21N3O2. The second-order valence-corrected chi connectivity index (χ2v) is 4.52. The van der Waals surface area contributed by atoms with Gasteiger partial charge in [-0.05, 0) is 12.3 Å². The summed E-state index contributed by atoms with van der Waals surface area (Å²) in [5.41, 5.74) is 0. The number of hydrogen-bond donors (Lipinski definition) is 0. The van der Waals surface area contributed by atoms with Crippen LogP contribution in [0.15, 0.2) is 6.33 Å². The van der Waals surface area contributed by atoms with Gasteiger partial charge in [0.2, 0.25) is 0 Å². The fraction of sp³-hybridized carbons (Fsp3) is 0.750. The minimum atomic E-state index is 0.0523. The highest BCUT2D eigenvalue weighted by atomic mass is 16.5. The van der Waals surface area contributed by atoms with E-state index >= 15 is 0 Å². The van der Waals surface area contributed by atoms with Crippen LogP contribution in [-0.2, 0) is 22.5 Å². The molecule has 0 amide bonds. The van der Waals surface area contributed by atoms with Crippen LogP contribution in [0.4, 0.5) is 0 Å². The number of rotatable bonds is 8. The molecule has 0 spiro atoms. The van der Waals surface area contributed by atoms with Gasteiger partial charge in [-0.1, -0.05) is 20.8 Å². The van der Waals surface area contributed by atoms with E-state index in [0.717, 1.165) is 18.8 Å². The molecule has 0 aliphatic heterocycles. The summed E-state index contributed by atoms with van der Waals surface area (Å²) in [5, 5.41) is 4.12. The number of Topliss-reactive ketones (excluding diaryl/α,β-unsaturated/α-hetero) is 1. The molecule has 1 heterocycles. The van der Waals surface area contributed by atoms with Gasteiger partial charge in [0, 0.05) is 13.2 Å². The van der Waals surface area contributed by atoms with Crippen molar-refractivity contribution in [3.63, 3.8) is 0 Å². The maximum absolute atomic E-state index is 11.6. The number of ketones is 1. The average Bonchev–Trinajstić information content (AvgIpc) is 2.65. The number of carbonyl (C=O) groups is 1. The predicted octanol–water partition coefficient (Wildman–Crippen LogP) is 1.47. The van der Waals surface area contributed by atoms with Crippen LogP contribution in [0.2, 0.25) is 0 Å². The summed E-state index contributed by atoms with van der Waals surface area (Å²) in [6.07, 6.45) is 2.73. The maximum atomic E-state index is 11.6. The Hall–Kier alpha value is -1.23. The number of ether oxygens (including phenoxy) is 1. The van der Waals surface area contributed by atoms with Crippen molar-refractivity contribution in [2.75, 3.05) is 13.2 Å². The summed E-state index contributed by atoms with van der Waals surface area (Å²) in [6.45, 7) is 7.82. The first-order valence-electron chi connectivity index (χ1n) is 6.09. The normalized spacial score (nSPS) is 11.1. The molecule has 0 N–H and O–H groups in total. The van der Waals surface area contributed by atoms with E-state index in [0.29, 0.717) is 18.9 Å². The van der Waals surface area contributed by atoms with Gasteiger partial charge in [-0.3, -0.25) is 4.79 Å². The largest absolute Gasteiger partial charge is 0.374 e. The fourth-order valence-corrected chi connectivity index (χ4v) is 1.48. The van der Waals surface area contributed by atoms with Gasteiger partial charge < -0.3 is 4.74 Å². The van der Waals surface area contributed by atoms with Gasteiger partial charge in [-0.15, -0.1) is 0 Å². The highest BCUT2D eigenvalue weighted by Gasteiger charge is 2.11. The Morgan fingerprint density at radius 2 is 2.29 bits per heavy atom. The minimum Gasteiger partial charge on any atom is -0.374 e. The summed E-state index contributed by atoms with van der Waals surface area (Å²) in [7, 11) is 0. The van der Waals surface area contributed by atoms with Gasteiger partial charge in [0.15, 0.2) is 5.78 Å². The number of hydrogen-bond acceptors (Lipinski definition) is 4. The lowest BCUT2D eigenvalue weighted by Crippen LogP contribution is -2.17. The molecule has 5 nitrogen and oxygen atoms in total. The lowest BCUT2D eigenvalue weighted by atomic mass is 10.2. The SMILES string of the molecule is CCCOCC(=O)Cc1ncnn1CC(C)C. The molecular weight excluding hydrogens is 218 g/mol. The third-order valence-electron chi connectivity index (χ3n) is 2.20. The second kappa shape index (κ2) is 7.17. The monoisotopic (exact) mass is 239 g/mol. The standard InChI is InChI=1S/C12H21N3O2/c1-4-5-17-8-11(16)6-12-13-9-14-15(12)7-10(2)3/h9-10H,4-8H2,1-3H3. The van der Waals surface area contributed by atoms with Crippen LogP contribution in [-0.4, -0.2) is 33.8 Å². The van der Waals surface area contributed by atoms with Crippen LogP contribution in [0.1, 0.15) is 33.0 Å². The quantitative estimate of drug-likeness (QED) is 0.645. The first-order chi connectivity index (χ1) is 8.13. The number of carbonyl (C=O) groups excluding carboxylic acids is 1. The van der Waals surface area contributed by atoms with Gasteiger partial charge in [-0.25, -0.2) is 9.67 Å². The van der Waals surface area contributed by atoms with Gasteiger partial charge in [-0.2, -0.15) is 5.10 Å². The Morgan fingerprint density at radius 1 is 1.53 bits per heavy atom. The molecule has 0 unspecified atom stereocenters. The molecule has 0 fully saturated rings. The Balaban J connectivity index is 2.44. The first-order valence-corrected chi connectivity index (χ1v) is 6.09. The minimum absolute atomic E-state index is 0.0523. The molecule has 1 aromatic rings. The van der Waals surface area contributed by atoms with Crippen molar-refractivity contribution < 1.29 is 9.53 Å². The molecule has 0 saturated carbocycles. The van der Waals surface area contributed by atoms with Crippen molar-refractivity contribution in [3.8, 4) is 0 Å². The molecule has 1 aromatic heterocycles. The topological polar surface area (TPSA) is 57.0 Å². The average molecular weight is 239 g/mol. The molecule has 0 saturated heterocycles. The Kier molecular flexibility index (Phi) is 5.83. The Bertz CT molecular complexity index is 347. The zero-order chi connectivity index (χ0) is 12.7. The fourth-order valence-electron chi connectivity index (χ4n) is 1.48. The van der Waals surface area contributed by atoms with Crippen LogP contribution in [0.3, 0.4) is 0 Å². The molecule has 1 rings (SSSR count). The van der Waals surface area contributed by atoms with Crippen LogP contribution in [0.25, 0.3) is 0 Å². The molecule has 0 radical (unpaired) electrons. The van der Waals surface area contributed by atoms with Gasteiger partial charge in [0.25, 0.3) is 0 Å². The number of aromatic nitrogens is 3. The summed E-state index contributed by atoms with van der Waals surface area (Å²) in [4.78, 5) is 15.7.